The number of carbonyl (C=O) groups excluding carboxylic acids is 1. The zero-order valence-electron chi connectivity index (χ0n) is 14.3. The Bertz CT molecular complexity index is 1040. The summed E-state index contributed by atoms with van der Waals surface area (Å²) in [4.78, 5) is 21.1. The molecule has 1 N–H and O–H groups in total. The van der Waals surface area contributed by atoms with E-state index in [1.54, 1.807) is 10.9 Å². The van der Waals surface area contributed by atoms with E-state index >= 15 is 0 Å². The summed E-state index contributed by atoms with van der Waals surface area (Å²) in [7, 11) is 0. The molecular weight excluding hydrogens is 344 g/mol. The molecule has 4 aromatic rings. The highest BCUT2D eigenvalue weighted by Crippen LogP contribution is 2.25. The summed E-state index contributed by atoms with van der Waals surface area (Å²) in [5.74, 6) is -0.176. The van der Waals surface area contributed by atoms with Crippen molar-refractivity contribution in [1.82, 2.24) is 19.7 Å². The van der Waals surface area contributed by atoms with Gasteiger partial charge >= 0.3 is 0 Å². The van der Waals surface area contributed by atoms with Gasteiger partial charge in [0, 0.05) is 17.1 Å². The molecule has 0 fully saturated rings. The van der Waals surface area contributed by atoms with Gasteiger partial charge in [-0.3, -0.25) is 4.79 Å². The number of benzene rings is 1. The number of aryl methyl sites for hydroxylation is 1. The number of fused-ring (bicyclic) bond motifs is 1. The molecule has 0 unspecified atom stereocenters. The second-order valence-electron chi connectivity index (χ2n) is 5.94. The van der Waals surface area contributed by atoms with Crippen molar-refractivity contribution in [3.05, 3.63) is 76.5 Å². The Hall–Kier alpha value is -2.99. The number of hydrogen-bond donors (Lipinski definition) is 1. The SMILES string of the molecule is CCc1ccc(-c2nc3ccccn3c2CNC(=O)c2cscn2)cc1. The minimum absolute atomic E-state index is 0.176. The second kappa shape index (κ2) is 7.09. The standard InChI is InChI=1S/C20H18N4OS/c1-2-14-6-8-15(9-7-14)19-17(24-10-4-3-5-18(24)23-19)11-21-20(25)16-12-26-13-22-16/h3-10,12-13H,2,11H2,1H3,(H,21,25). The van der Waals surface area contributed by atoms with Crippen LogP contribution in [0, 0.1) is 0 Å². The second-order valence-corrected chi connectivity index (χ2v) is 6.66. The van der Waals surface area contributed by atoms with E-state index in [-0.39, 0.29) is 5.91 Å². The predicted molar refractivity (Wildman–Crippen MR) is 103 cm³/mol. The van der Waals surface area contributed by atoms with Crippen LogP contribution in [0.1, 0.15) is 28.7 Å². The van der Waals surface area contributed by atoms with Crippen LogP contribution in [0.5, 0.6) is 0 Å². The summed E-state index contributed by atoms with van der Waals surface area (Å²) in [6.07, 6.45) is 2.97. The first-order valence-electron chi connectivity index (χ1n) is 8.48. The molecule has 0 aliphatic rings. The van der Waals surface area contributed by atoms with E-state index in [4.69, 9.17) is 4.98 Å². The fourth-order valence-electron chi connectivity index (χ4n) is 2.92. The number of imidazole rings is 1. The highest BCUT2D eigenvalue weighted by atomic mass is 32.1. The van der Waals surface area contributed by atoms with Crippen LogP contribution in [-0.2, 0) is 13.0 Å². The van der Waals surface area contributed by atoms with Gasteiger partial charge in [-0.2, -0.15) is 0 Å². The third kappa shape index (κ3) is 3.11. The molecule has 26 heavy (non-hydrogen) atoms. The quantitative estimate of drug-likeness (QED) is 0.585. The molecule has 1 amide bonds. The van der Waals surface area contributed by atoms with Crippen molar-refractivity contribution in [1.29, 1.82) is 0 Å². The van der Waals surface area contributed by atoms with E-state index in [1.807, 2.05) is 28.8 Å². The smallest absolute Gasteiger partial charge is 0.271 e. The van der Waals surface area contributed by atoms with Crippen LogP contribution in [0.2, 0.25) is 0 Å². The van der Waals surface area contributed by atoms with Crippen molar-refractivity contribution < 1.29 is 4.79 Å². The number of rotatable bonds is 5. The van der Waals surface area contributed by atoms with Crippen molar-refractivity contribution in [2.45, 2.75) is 19.9 Å². The van der Waals surface area contributed by atoms with E-state index < -0.39 is 0 Å². The number of thiazole rings is 1. The number of carbonyl (C=O) groups is 1. The molecule has 0 saturated carbocycles. The monoisotopic (exact) mass is 362 g/mol. The van der Waals surface area contributed by atoms with Crippen LogP contribution in [0.3, 0.4) is 0 Å². The lowest BCUT2D eigenvalue weighted by Crippen LogP contribution is -2.24. The number of hydrogen-bond acceptors (Lipinski definition) is 4. The van der Waals surface area contributed by atoms with Gasteiger partial charge in [-0.05, 0) is 24.1 Å². The van der Waals surface area contributed by atoms with Gasteiger partial charge in [0.25, 0.3) is 5.91 Å². The summed E-state index contributed by atoms with van der Waals surface area (Å²) in [6, 6.07) is 14.3. The molecule has 0 bridgehead atoms. The van der Waals surface area contributed by atoms with E-state index in [0.717, 1.165) is 29.0 Å². The molecule has 5 nitrogen and oxygen atoms in total. The fourth-order valence-corrected chi connectivity index (χ4v) is 3.46. The molecule has 0 saturated heterocycles. The van der Waals surface area contributed by atoms with Crippen molar-refractivity contribution in [3.63, 3.8) is 0 Å². The third-order valence-electron chi connectivity index (χ3n) is 4.35. The van der Waals surface area contributed by atoms with Crippen molar-refractivity contribution in [2.75, 3.05) is 0 Å². The first-order chi connectivity index (χ1) is 12.8. The average molecular weight is 362 g/mol. The van der Waals surface area contributed by atoms with Gasteiger partial charge < -0.3 is 9.72 Å². The Morgan fingerprint density at radius 1 is 1.19 bits per heavy atom. The maximum Gasteiger partial charge on any atom is 0.271 e. The Kier molecular flexibility index (Phi) is 4.50. The zero-order chi connectivity index (χ0) is 17.9. The topological polar surface area (TPSA) is 59.3 Å². The fraction of sp³-hybridized carbons (Fsp3) is 0.150. The Morgan fingerprint density at radius 3 is 2.77 bits per heavy atom. The predicted octanol–water partition coefficient (Wildman–Crippen LogP) is 3.95. The van der Waals surface area contributed by atoms with E-state index in [2.05, 4.69) is 41.5 Å². The lowest BCUT2D eigenvalue weighted by Gasteiger charge is -2.07. The molecule has 1 aromatic carbocycles. The first-order valence-corrected chi connectivity index (χ1v) is 9.42. The first kappa shape index (κ1) is 16.5. The highest BCUT2D eigenvalue weighted by molar-refractivity contribution is 7.07. The highest BCUT2D eigenvalue weighted by Gasteiger charge is 2.15. The van der Waals surface area contributed by atoms with Gasteiger partial charge in [0.15, 0.2) is 0 Å². The summed E-state index contributed by atoms with van der Waals surface area (Å²) in [5.41, 5.74) is 7.13. The lowest BCUT2D eigenvalue weighted by atomic mass is 10.1. The summed E-state index contributed by atoms with van der Waals surface area (Å²) < 4.78 is 2.02. The van der Waals surface area contributed by atoms with Gasteiger partial charge in [0.05, 0.1) is 23.4 Å². The molecule has 0 aliphatic carbocycles. The van der Waals surface area contributed by atoms with Crippen LogP contribution in [-0.4, -0.2) is 20.3 Å². The van der Waals surface area contributed by atoms with Gasteiger partial charge in [-0.25, -0.2) is 9.97 Å². The summed E-state index contributed by atoms with van der Waals surface area (Å²) in [6.45, 7) is 2.52. The van der Waals surface area contributed by atoms with E-state index in [9.17, 15) is 4.79 Å². The number of pyridine rings is 1. The molecule has 0 radical (unpaired) electrons. The van der Waals surface area contributed by atoms with Gasteiger partial charge in [0.1, 0.15) is 11.3 Å². The maximum absolute atomic E-state index is 12.3. The maximum atomic E-state index is 12.3. The largest absolute Gasteiger partial charge is 0.345 e. The van der Waals surface area contributed by atoms with Crippen LogP contribution in [0.4, 0.5) is 0 Å². The normalized spacial score (nSPS) is 11.0. The minimum atomic E-state index is -0.176. The molecule has 0 spiro atoms. The molecule has 0 atom stereocenters. The Labute approximate surface area is 155 Å². The van der Waals surface area contributed by atoms with Crippen LogP contribution in [0.15, 0.2) is 59.6 Å². The van der Waals surface area contributed by atoms with E-state index in [1.165, 1.54) is 16.9 Å². The Balaban J connectivity index is 1.70. The van der Waals surface area contributed by atoms with Crippen LogP contribution in [0.25, 0.3) is 16.9 Å². The molecular formula is C20H18N4OS. The molecule has 0 aliphatic heterocycles. The van der Waals surface area contributed by atoms with Crippen molar-refractivity contribution in [2.24, 2.45) is 0 Å². The lowest BCUT2D eigenvalue weighted by molar-refractivity contribution is 0.0946. The number of nitrogens with one attached hydrogen (secondary N) is 1. The third-order valence-corrected chi connectivity index (χ3v) is 4.93. The molecule has 130 valence electrons. The van der Waals surface area contributed by atoms with Gasteiger partial charge in [0.2, 0.25) is 0 Å². The average Bonchev–Trinajstić information content (AvgIpc) is 3.34. The Morgan fingerprint density at radius 2 is 2.04 bits per heavy atom. The minimum Gasteiger partial charge on any atom is -0.345 e. The molecule has 3 heterocycles. The van der Waals surface area contributed by atoms with Gasteiger partial charge in [-0.15, -0.1) is 11.3 Å². The van der Waals surface area contributed by atoms with Crippen LogP contribution >= 0.6 is 11.3 Å². The number of aromatic nitrogens is 3. The molecule has 3 aromatic heterocycles. The molecule has 4 rings (SSSR count). The van der Waals surface area contributed by atoms with Crippen molar-refractivity contribution >= 4 is 22.9 Å². The van der Waals surface area contributed by atoms with E-state index in [0.29, 0.717) is 12.2 Å². The van der Waals surface area contributed by atoms with Crippen molar-refractivity contribution in [3.8, 4) is 11.3 Å². The number of amides is 1. The van der Waals surface area contributed by atoms with Crippen LogP contribution < -0.4 is 5.32 Å². The summed E-state index contributed by atoms with van der Waals surface area (Å²) in [5, 5.41) is 4.70. The number of nitrogens with zero attached hydrogens (tertiary/aromatic N) is 3. The summed E-state index contributed by atoms with van der Waals surface area (Å²) >= 11 is 1.41. The molecule has 6 heteroatoms. The van der Waals surface area contributed by atoms with Gasteiger partial charge in [-0.1, -0.05) is 37.3 Å². The zero-order valence-corrected chi connectivity index (χ0v) is 15.2.